The number of hydrogen-bond donors (Lipinski definition) is 1. The Morgan fingerprint density at radius 1 is 1.07 bits per heavy atom. The minimum absolute atomic E-state index is 0.227. The van der Waals surface area contributed by atoms with Crippen molar-refractivity contribution in [1.82, 2.24) is 5.01 Å². The van der Waals surface area contributed by atoms with Gasteiger partial charge in [-0.25, -0.2) is 9.29 Å². The van der Waals surface area contributed by atoms with Crippen molar-refractivity contribution in [1.29, 1.82) is 0 Å². The Morgan fingerprint density at radius 2 is 1.75 bits per heavy atom. The van der Waals surface area contributed by atoms with Crippen LogP contribution in [0.1, 0.15) is 5.56 Å². The molecule has 142 valence electrons. The van der Waals surface area contributed by atoms with Crippen LogP contribution < -0.4 is 10.2 Å². The van der Waals surface area contributed by atoms with E-state index in [0.717, 1.165) is 22.6 Å². The number of benzene rings is 2. The van der Waals surface area contributed by atoms with Gasteiger partial charge >= 0.3 is 0 Å². The van der Waals surface area contributed by atoms with Crippen molar-refractivity contribution in [2.45, 2.75) is 19.0 Å². The Bertz CT molecular complexity index is 974. The van der Waals surface area contributed by atoms with Crippen LogP contribution in [0.4, 0.5) is 15.8 Å². The summed E-state index contributed by atoms with van der Waals surface area (Å²) in [7, 11) is 0. The Kier molecular flexibility index (Phi) is 4.34. The molecule has 2 aromatic rings. The molecule has 2 aliphatic rings. The van der Waals surface area contributed by atoms with E-state index in [-0.39, 0.29) is 18.1 Å². The van der Waals surface area contributed by atoms with Crippen molar-refractivity contribution in [3.63, 3.8) is 0 Å². The lowest BCUT2D eigenvalue weighted by atomic mass is 10.1. The van der Waals surface area contributed by atoms with Gasteiger partial charge in [-0.2, -0.15) is 5.11 Å². The fraction of sp³-hybridized carbons (Fsp3) is 0.211. The molecular weight excluding hydrogens is 365 g/mol. The first-order chi connectivity index (χ1) is 13.4. The van der Waals surface area contributed by atoms with Gasteiger partial charge in [0.05, 0.1) is 5.69 Å². The summed E-state index contributed by atoms with van der Waals surface area (Å²) in [6, 6.07) is 10.3. The van der Waals surface area contributed by atoms with Crippen LogP contribution in [0, 0.1) is 12.7 Å². The van der Waals surface area contributed by atoms with Gasteiger partial charge in [0, 0.05) is 5.69 Å². The van der Waals surface area contributed by atoms with E-state index in [1.54, 1.807) is 12.1 Å². The van der Waals surface area contributed by atoms with Crippen LogP contribution in [0.2, 0.25) is 0 Å². The number of halogens is 1. The molecule has 8 nitrogen and oxygen atoms in total. The molecule has 0 aliphatic carbocycles. The van der Waals surface area contributed by atoms with Crippen molar-refractivity contribution in [2.24, 2.45) is 10.3 Å². The maximum Gasteiger partial charge on any atom is 0.263 e. The molecule has 3 amide bonds. The number of carbonyl (C=O) groups excluding carboxylic acids is 3. The minimum Gasteiger partial charge on any atom is -0.324 e. The van der Waals surface area contributed by atoms with E-state index in [4.69, 9.17) is 0 Å². The zero-order valence-electron chi connectivity index (χ0n) is 14.9. The molecule has 2 aromatic carbocycles. The largest absolute Gasteiger partial charge is 0.324 e. The van der Waals surface area contributed by atoms with Gasteiger partial charge in [0.1, 0.15) is 12.4 Å². The van der Waals surface area contributed by atoms with E-state index in [2.05, 4.69) is 15.7 Å². The average Bonchev–Trinajstić information content (AvgIpc) is 3.18. The van der Waals surface area contributed by atoms with Gasteiger partial charge in [-0.15, -0.1) is 0 Å². The molecule has 9 heteroatoms. The Morgan fingerprint density at radius 3 is 2.43 bits per heavy atom. The summed E-state index contributed by atoms with van der Waals surface area (Å²) in [5.41, 5.74) is 1.93. The van der Waals surface area contributed by atoms with Gasteiger partial charge in [0.25, 0.3) is 11.8 Å². The van der Waals surface area contributed by atoms with Gasteiger partial charge in [-0.1, -0.05) is 22.9 Å². The first kappa shape index (κ1) is 17.8. The molecule has 0 aromatic heterocycles. The van der Waals surface area contributed by atoms with Gasteiger partial charge in [-0.3, -0.25) is 19.4 Å². The Hall–Kier alpha value is -3.62. The summed E-state index contributed by atoms with van der Waals surface area (Å²) < 4.78 is 13.1. The molecule has 1 fully saturated rings. The Balaban J connectivity index is 1.48. The van der Waals surface area contributed by atoms with Gasteiger partial charge in [0.15, 0.2) is 12.1 Å². The van der Waals surface area contributed by atoms with Crippen LogP contribution in [0.25, 0.3) is 0 Å². The number of aryl methyl sites for hydroxylation is 1. The van der Waals surface area contributed by atoms with Crippen molar-refractivity contribution in [3.05, 3.63) is 59.9 Å². The number of hydrogen-bond acceptors (Lipinski definition) is 6. The third-order valence-electron chi connectivity index (χ3n) is 4.58. The standard InChI is InChI=1S/C19H16FN5O3/c1-11-2-6-13(7-3-11)21-15(26)10-24-17-16(22-23-24)18(27)25(19(17)28)14-8-4-12(20)5-9-14/h2-9,16-17H,10H2,1H3,(H,21,26)/t16-,17+/m0/s1. The summed E-state index contributed by atoms with van der Waals surface area (Å²) in [6.07, 6.45) is 0. The van der Waals surface area contributed by atoms with E-state index >= 15 is 0 Å². The zero-order chi connectivity index (χ0) is 19.8. The van der Waals surface area contributed by atoms with Crippen LogP contribution in [-0.4, -0.2) is 41.4 Å². The SMILES string of the molecule is Cc1ccc(NC(=O)CN2N=N[C@@H]3C(=O)N(c4ccc(F)cc4)C(=O)[C@@H]32)cc1. The summed E-state index contributed by atoms with van der Waals surface area (Å²) >= 11 is 0. The molecule has 28 heavy (non-hydrogen) atoms. The maximum absolute atomic E-state index is 13.1. The maximum atomic E-state index is 13.1. The fourth-order valence-corrected chi connectivity index (χ4v) is 3.18. The molecule has 0 bridgehead atoms. The molecule has 2 aliphatic heterocycles. The van der Waals surface area contributed by atoms with E-state index < -0.39 is 29.7 Å². The smallest absolute Gasteiger partial charge is 0.263 e. The molecule has 1 N–H and O–H groups in total. The first-order valence-corrected chi connectivity index (χ1v) is 8.61. The number of imide groups is 1. The lowest BCUT2D eigenvalue weighted by Crippen LogP contribution is -2.43. The summed E-state index contributed by atoms with van der Waals surface area (Å²) in [5, 5.41) is 11.6. The zero-order valence-corrected chi connectivity index (χ0v) is 14.9. The molecule has 2 heterocycles. The number of rotatable bonds is 4. The molecule has 0 unspecified atom stereocenters. The number of fused-ring (bicyclic) bond motifs is 1. The molecular formula is C19H16FN5O3. The lowest BCUT2D eigenvalue weighted by molar-refractivity contribution is -0.123. The second-order valence-electron chi connectivity index (χ2n) is 6.59. The second-order valence-corrected chi connectivity index (χ2v) is 6.59. The normalized spacial score (nSPS) is 20.6. The second kappa shape index (κ2) is 6.84. The lowest BCUT2D eigenvalue weighted by Gasteiger charge is -2.20. The first-order valence-electron chi connectivity index (χ1n) is 8.61. The Labute approximate surface area is 159 Å². The van der Waals surface area contributed by atoms with Gasteiger partial charge in [-0.05, 0) is 43.3 Å². The van der Waals surface area contributed by atoms with Crippen molar-refractivity contribution >= 4 is 29.1 Å². The molecule has 4 rings (SSSR count). The molecule has 0 saturated carbocycles. The number of anilines is 2. The minimum atomic E-state index is -1.01. The highest BCUT2D eigenvalue weighted by Gasteiger charge is 2.55. The molecule has 0 spiro atoms. The predicted octanol–water partition coefficient (Wildman–Crippen LogP) is 2.07. The van der Waals surface area contributed by atoms with Gasteiger partial charge < -0.3 is 5.32 Å². The highest BCUT2D eigenvalue weighted by molar-refractivity contribution is 6.25. The van der Waals surface area contributed by atoms with Crippen LogP contribution in [0.15, 0.2) is 58.9 Å². The topological polar surface area (TPSA) is 94.4 Å². The van der Waals surface area contributed by atoms with Crippen LogP contribution in [0.5, 0.6) is 0 Å². The molecule has 1 saturated heterocycles. The average molecular weight is 381 g/mol. The highest BCUT2D eigenvalue weighted by Crippen LogP contribution is 2.31. The quantitative estimate of drug-likeness (QED) is 0.821. The third kappa shape index (κ3) is 3.11. The van der Waals surface area contributed by atoms with Crippen LogP contribution in [0.3, 0.4) is 0 Å². The van der Waals surface area contributed by atoms with Crippen molar-refractivity contribution < 1.29 is 18.8 Å². The number of nitrogens with zero attached hydrogens (tertiary/aromatic N) is 4. The van der Waals surface area contributed by atoms with Crippen LogP contribution in [-0.2, 0) is 14.4 Å². The molecule has 2 atom stereocenters. The number of amides is 3. The van der Waals surface area contributed by atoms with E-state index in [0.29, 0.717) is 5.69 Å². The summed E-state index contributed by atoms with van der Waals surface area (Å²) in [5.74, 6) is -1.96. The fourth-order valence-electron chi connectivity index (χ4n) is 3.18. The van der Waals surface area contributed by atoms with E-state index in [1.165, 1.54) is 17.1 Å². The summed E-state index contributed by atoms with van der Waals surface area (Å²) in [4.78, 5) is 38.6. The highest BCUT2D eigenvalue weighted by atomic mass is 19.1. The number of carbonyl (C=O) groups is 3. The van der Waals surface area contributed by atoms with E-state index in [9.17, 15) is 18.8 Å². The predicted molar refractivity (Wildman–Crippen MR) is 97.8 cm³/mol. The molecule has 0 radical (unpaired) electrons. The van der Waals surface area contributed by atoms with Gasteiger partial charge in [0.2, 0.25) is 5.91 Å². The third-order valence-corrected chi connectivity index (χ3v) is 4.58. The number of nitrogens with one attached hydrogen (secondary N) is 1. The van der Waals surface area contributed by atoms with Crippen molar-refractivity contribution in [2.75, 3.05) is 16.8 Å². The van der Waals surface area contributed by atoms with E-state index in [1.807, 2.05) is 19.1 Å². The monoisotopic (exact) mass is 381 g/mol. The van der Waals surface area contributed by atoms with Crippen molar-refractivity contribution in [3.8, 4) is 0 Å². The summed E-state index contributed by atoms with van der Waals surface area (Å²) in [6.45, 7) is 1.71. The van der Waals surface area contributed by atoms with Crippen LogP contribution >= 0.6 is 0 Å².